The first-order chi connectivity index (χ1) is 15.3. The van der Waals surface area contributed by atoms with Gasteiger partial charge in [-0.15, -0.1) is 0 Å². The Morgan fingerprint density at radius 2 is 1.72 bits per heavy atom. The fraction of sp³-hybridized carbons (Fsp3) is 0.160. The number of aryl methyl sites for hydroxylation is 1. The number of rotatable bonds is 6. The Hall–Kier alpha value is -3.45. The van der Waals surface area contributed by atoms with Gasteiger partial charge in [0.1, 0.15) is 16.5 Å². The molecular formula is C25H22FNO4S. The van der Waals surface area contributed by atoms with Gasteiger partial charge in [-0.2, -0.15) is 0 Å². The van der Waals surface area contributed by atoms with Gasteiger partial charge in [-0.05, 0) is 60.0 Å². The van der Waals surface area contributed by atoms with Gasteiger partial charge in [0.15, 0.2) is 0 Å². The van der Waals surface area contributed by atoms with Crippen LogP contribution in [0.5, 0.6) is 5.75 Å². The molecule has 0 aliphatic heterocycles. The molecular weight excluding hydrogens is 429 g/mol. The number of methoxy groups -OCH3 is 1. The lowest BCUT2D eigenvalue weighted by molar-refractivity contribution is 0.415. The highest BCUT2D eigenvalue weighted by molar-refractivity contribution is 7.91. The first kappa shape index (κ1) is 21.8. The topological polar surface area (TPSA) is 65.4 Å². The van der Waals surface area contributed by atoms with E-state index in [1.165, 1.54) is 43.6 Å². The van der Waals surface area contributed by atoms with E-state index in [1.54, 1.807) is 41.0 Å². The number of aromatic nitrogens is 1. The molecule has 0 fully saturated rings. The van der Waals surface area contributed by atoms with E-state index < -0.39 is 21.1 Å². The number of hydrogen-bond donors (Lipinski definition) is 0. The summed E-state index contributed by atoms with van der Waals surface area (Å²) in [6, 6.07) is 17.5. The van der Waals surface area contributed by atoms with Crippen LogP contribution in [0.4, 0.5) is 4.39 Å². The Labute approximate surface area is 185 Å². The molecule has 0 saturated heterocycles. The number of pyridine rings is 1. The van der Waals surface area contributed by atoms with E-state index in [0.29, 0.717) is 16.8 Å². The van der Waals surface area contributed by atoms with E-state index in [4.69, 9.17) is 4.74 Å². The molecule has 0 radical (unpaired) electrons. The van der Waals surface area contributed by atoms with Gasteiger partial charge in [0.25, 0.3) is 0 Å². The molecule has 1 heterocycles. The highest BCUT2D eigenvalue weighted by Crippen LogP contribution is 2.25. The number of ether oxygens (including phenoxy) is 1. The number of fused-ring (bicyclic) bond motifs is 1. The smallest absolute Gasteiger partial charge is 0.211 e. The molecule has 3 aromatic carbocycles. The van der Waals surface area contributed by atoms with Crippen molar-refractivity contribution in [1.29, 1.82) is 0 Å². The van der Waals surface area contributed by atoms with Crippen LogP contribution in [0, 0.1) is 5.82 Å². The number of hydrogen-bond acceptors (Lipinski definition) is 4. The molecule has 1 aromatic heterocycles. The van der Waals surface area contributed by atoms with Gasteiger partial charge in [-0.3, -0.25) is 4.79 Å². The van der Waals surface area contributed by atoms with Gasteiger partial charge in [-0.25, -0.2) is 12.8 Å². The first-order valence-corrected chi connectivity index (χ1v) is 11.6. The van der Waals surface area contributed by atoms with Crippen LogP contribution < -0.4 is 10.2 Å². The average molecular weight is 452 g/mol. The monoisotopic (exact) mass is 451 g/mol. The fourth-order valence-corrected chi connectivity index (χ4v) is 5.03. The predicted molar refractivity (Wildman–Crippen MR) is 122 cm³/mol. The molecule has 0 saturated carbocycles. The van der Waals surface area contributed by atoms with Gasteiger partial charge in [-0.1, -0.05) is 31.2 Å². The van der Waals surface area contributed by atoms with Crippen molar-refractivity contribution in [2.24, 2.45) is 0 Å². The Morgan fingerprint density at radius 1 is 0.969 bits per heavy atom. The minimum Gasteiger partial charge on any atom is -0.497 e. The summed E-state index contributed by atoms with van der Waals surface area (Å²) in [6.45, 7) is 2.17. The molecule has 7 heteroatoms. The number of sulfone groups is 1. The first-order valence-electron chi connectivity index (χ1n) is 10.1. The summed E-state index contributed by atoms with van der Waals surface area (Å²) in [5, 5.41) is 0.215. The van der Waals surface area contributed by atoms with Crippen LogP contribution in [0.2, 0.25) is 0 Å². The highest BCUT2D eigenvalue weighted by atomic mass is 32.2. The summed E-state index contributed by atoms with van der Waals surface area (Å²) in [7, 11) is -2.60. The van der Waals surface area contributed by atoms with Crippen LogP contribution in [0.15, 0.2) is 87.5 Å². The molecule has 4 rings (SSSR count). The lowest BCUT2D eigenvalue weighted by Gasteiger charge is -2.15. The largest absolute Gasteiger partial charge is 0.497 e. The predicted octanol–water partition coefficient (Wildman–Crippen LogP) is 4.59. The lowest BCUT2D eigenvalue weighted by Crippen LogP contribution is -2.19. The normalized spacial score (nSPS) is 11.6. The molecule has 0 atom stereocenters. The zero-order chi connectivity index (χ0) is 22.9. The fourth-order valence-electron chi connectivity index (χ4n) is 3.66. The van der Waals surface area contributed by atoms with Gasteiger partial charge in [0.05, 0.1) is 22.9 Å². The van der Waals surface area contributed by atoms with E-state index in [0.717, 1.165) is 12.0 Å². The molecule has 164 valence electrons. The molecule has 0 unspecified atom stereocenters. The van der Waals surface area contributed by atoms with Crippen molar-refractivity contribution < 1.29 is 17.5 Å². The standard InChI is InChI=1S/C25H22FNO4S/c1-3-17-7-10-21(11-8-17)32(29,30)24-16-27(15-18-5-4-6-19(26)13-18)23-12-9-20(31-2)14-22(23)25(24)28/h4-14,16H,3,15H2,1-2H3. The maximum absolute atomic E-state index is 13.7. The number of benzene rings is 3. The summed E-state index contributed by atoms with van der Waals surface area (Å²) < 4.78 is 47.4. The second-order valence-corrected chi connectivity index (χ2v) is 9.38. The maximum atomic E-state index is 13.7. The van der Waals surface area contributed by atoms with Gasteiger partial charge >= 0.3 is 0 Å². The molecule has 0 amide bonds. The zero-order valence-electron chi connectivity index (χ0n) is 17.7. The summed E-state index contributed by atoms with van der Waals surface area (Å²) in [6.07, 6.45) is 2.11. The quantitative estimate of drug-likeness (QED) is 0.430. The lowest BCUT2D eigenvalue weighted by atomic mass is 10.1. The molecule has 0 spiro atoms. The van der Waals surface area contributed by atoms with Crippen molar-refractivity contribution >= 4 is 20.7 Å². The average Bonchev–Trinajstić information content (AvgIpc) is 2.80. The second-order valence-electron chi connectivity index (χ2n) is 7.46. The van der Waals surface area contributed by atoms with Crippen molar-refractivity contribution in [1.82, 2.24) is 4.57 Å². The van der Waals surface area contributed by atoms with Gasteiger partial charge in [0, 0.05) is 12.7 Å². The molecule has 4 aromatic rings. The van der Waals surface area contributed by atoms with Crippen LogP contribution >= 0.6 is 0 Å². The van der Waals surface area contributed by atoms with Crippen molar-refractivity contribution in [3.05, 3.63) is 100 Å². The Bertz CT molecular complexity index is 1460. The minimum atomic E-state index is -4.08. The van der Waals surface area contributed by atoms with Crippen LogP contribution in [-0.4, -0.2) is 20.1 Å². The molecule has 32 heavy (non-hydrogen) atoms. The maximum Gasteiger partial charge on any atom is 0.211 e. The molecule has 0 aliphatic carbocycles. The van der Waals surface area contributed by atoms with Crippen molar-refractivity contribution in [3.63, 3.8) is 0 Å². The summed E-state index contributed by atoms with van der Waals surface area (Å²) in [4.78, 5) is 13.0. The van der Waals surface area contributed by atoms with Gasteiger partial charge in [0.2, 0.25) is 15.3 Å². The van der Waals surface area contributed by atoms with Crippen molar-refractivity contribution in [3.8, 4) is 5.75 Å². The third-order valence-electron chi connectivity index (χ3n) is 5.43. The van der Waals surface area contributed by atoms with E-state index in [-0.39, 0.29) is 21.7 Å². The van der Waals surface area contributed by atoms with Gasteiger partial charge < -0.3 is 9.30 Å². The number of halogens is 1. The summed E-state index contributed by atoms with van der Waals surface area (Å²) >= 11 is 0. The van der Waals surface area contributed by atoms with E-state index in [1.807, 2.05) is 6.92 Å². The Balaban J connectivity index is 1.95. The molecule has 0 aliphatic rings. The van der Waals surface area contributed by atoms with E-state index >= 15 is 0 Å². The van der Waals surface area contributed by atoms with Crippen LogP contribution in [0.3, 0.4) is 0 Å². The van der Waals surface area contributed by atoms with Crippen LogP contribution in [-0.2, 0) is 22.8 Å². The summed E-state index contributed by atoms with van der Waals surface area (Å²) in [5.74, 6) is 0.0483. The van der Waals surface area contributed by atoms with Crippen molar-refractivity contribution in [2.75, 3.05) is 7.11 Å². The number of nitrogens with zero attached hydrogens (tertiary/aromatic N) is 1. The van der Waals surface area contributed by atoms with Crippen molar-refractivity contribution in [2.45, 2.75) is 29.7 Å². The third-order valence-corrected chi connectivity index (χ3v) is 7.19. The highest BCUT2D eigenvalue weighted by Gasteiger charge is 2.24. The van der Waals surface area contributed by atoms with E-state index in [9.17, 15) is 17.6 Å². The SMILES string of the molecule is CCc1ccc(S(=O)(=O)c2cn(Cc3cccc(F)c3)c3ccc(OC)cc3c2=O)cc1. The molecule has 5 nitrogen and oxygen atoms in total. The Morgan fingerprint density at radius 3 is 2.38 bits per heavy atom. The van der Waals surface area contributed by atoms with Crippen LogP contribution in [0.1, 0.15) is 18.1 Å². The summed E-state index contributed by atoms with van der Waals surface area (Å²) in [5.41, 5.74) is 1.56. The third kappa shape index (κ3) is 4.03. The molecule has 0 bridgehead atoms. The van der Waals surface area contributed by atoms with Crippen LogP contribution in [0.25, 0.3) is 10.9 Å². The minimum absolute atomic E-state index is 0.0475. The Kier molecular flexibility index (Phi) is 5.84. The van der Waals surface area contributed by atoms with E-state index in [2.05, 4.69) is 0 Å². The zero-order valence-corrected chi connectivity index (χ0v) is 18.5. The second kappa shape index (κ2) is 8.59. The molecule has 0 N–H and O–H groups in total.